The zero-order valence-corrected chi connectivity index (χ0v) is 29.9. The molecule has 52 heavy (non-hydrogen) atoms. The van der Waals surface area contributed by atoms with Crippen molar-refractivity contribution in [3.05, 3.63) is 175 Å². The molecule has 1 aromatic heterocycles. The summed E-state index contributed by atoms with van der Waals surface area (Å²) >= 11 is 0. The van der Waals surface area contributed by atoms with E-state index in [-0.39, 0.29) is 10.8 Å². The van der Waals surface area contributed by atoms with E-state index in [1.54, 1.807) is 0 Å². The summed E-state index contributed by atoms with van der Waals surface area (Å²) in [7, 11) is 0. The summed E-state index contributed by atoms with van der Waals surface area (Å²) in [5, 5.41) is 2.27. The summed E-state index contributed by atoms with van der Waals surface area (Å²) in [6.07, 6.45) is 0. The molecule has 0 bridgehead atoms. The van der Waals surface area contributed by atoms with Crippen LogP contribution >= 0.6 is 0 Å². The van der Waals surface area contributed by atoms with Gasteiger partial charge in [0.1, 0.15) is 0 Å². The SMILES string of the molecule is CC1(C)c2ccc(-c3ccccc3)cc2-c2cc(-c3cccc4c(-c5nc(-c6ccccc6)nc(-c6ccccc6)n5)cccc34)ccc2C1(C)C. The Hall–Kier alpha value is -6.19. The summed E-state index contributed by atoms with van der Waals surface area (Å²) < 4.78 is 0. The van der Waals surface area contributed by atoms with Gasteiger partial charge in [-0.1, -0.05) is 179 Å². The minimum atomic E-state index is -0.0698. The largest absolute Gasteiger partial charge is 0.208 e. The van der Waals surface area contributed by atoms with E-state index in [1.165, 1.54) is 44.5 Å². The van der Waals surface area contributed by atoms with Gasteiger partial charge in [-0.25, -0.2) is 15.0 Å². The number of benzene rings is 7. The number of hydrogen-bond donors (Lipinski definition) is 0. The molecule has 0 unspecified atom stereocenters. The minimum Gasteiger partial charge on any atom is -0.208 e. The van der Waals surface area contributed by atoms with Gasteiger partial charge in [-0.05, 0) is 78.2 Å². The topological polar surface area (TPSA) is 38.7 Å². The Bertz CT molecular complexity index is 2550. The molecular weight excluding hydrogens is 631 g/mol. The van der Waals surface area contributed by atoms with Gasteiger partial charge in [0.25, 0.3) is 0 Å². The van der Waals surface area contributed by atoms with Crippen LogP contribution in [0, 0.1) is 0 Å². The second-order valence-corrected chi connectivity index (χ2v) is 14.9. The molecule has 9 rings (SSSR count). The molecule has 0 N–H and O–H groups in total. The molecule has 0 fully saturated rings. The first kappa shape index (κ1) is 31.8. The standard InChI is InChI=1S/C49H39N3/c1-48(2)43-28-26-35(32-16-8-5-9-17-32)30-41(43)42-31-36(27-29-44(42)49(48,3)4)37-22-14-24-39-38(37)23-15-25-40(39)47-51-45(33-18-10-6-11-19-33)50-46(52-47)34-20-12-7-13-21-34/h5-31H,1-4H3. The number of hydrogen-bond acceptors (Lipinski definition) is 3. The average Bonchev–Trinajstić information content (AvgIpc) is 3.20. The Morgan fingerprint density at radius 3 is 1.27 bits per heavy atom. The molecule has 0 radical (unpaired) electrons. The van der Waals surface area contributed by atoms with Gasteiger partial charge < -0.3 is 0 Å². The van der Waals surface area contributed by atoms with Crippen LogP contribution in [0.25, 0.3) is 78.3 Å². The lowest BCUT2D eigenvalue weighted by molar-refractivity contribution is 0.299. The summed E-state index contributed by atoms with van der Waals surface area (Å²) in [6.45, 7) is 9.58. The maximum Gasteiger partial charge on any atom is 0.164 e. The van der Waals surface area contributed by atoms with Crippen molar-refractivity contribution in [1.29, 1.82) is 0 Å². The van der Waals surface area contributed by atoms with E-state index in [2.05, 4.69) is 155 Å². The van der Waals surface area contributed by atoms with Gasteiger partial charge in [-0.2, -0.15) is 0 Å². The van der Waals surface area contributed by atoms with Crippen molar-refractivity contribution in [3.63, 3.8) is 0 Å². The Balaban J connectivity index is 1.22. The van der Waals surface area contributed by atoms with E-state index in [0.29, 0.717) is 17.5 Å². The van der Waals surface area contributed by atoms with E-state index in [4.69, 9.17) is 15.0 Å². The zero-order valence-electron chi connectivity index (χ0n) is 29.9. The fourth-order valence-electron chi connectivity index (χ4n) is 7.96. The lowest BCUT2D eigenvalue weighted by atomic mass is 9.55. The monoisotopic (exact) mass is 669 g/mol. The van der Waals surface area contributed by atoms with E-state index >= 15 is 0 Å². The van der Waals surface area contributed by atoms with Crippen molar-refractivity contribution < 1.29 is 0 Å². The molecular formula is C49H39N3. The predicted molar refractivity (Wildman–Crippen MR) is 216 cm³/mol. The molecule has 3 heteroatoms. The maximum absolute atomic E-state index is 5.08. The lowest BCUT2D eigenvalue weighted by Crippen LogP contribution is -2.43. The van der Waals surface area contributed by atoms with Crippen molar-refractivity contribution in [2.24, 2.45) is 0 Å². The minimum absolute atomic E-state index is 0.0534. The highest BCUT2D eigenvalue weighted by Crippen LogP contribution is 2.55. The second-order valence-electron chi connectivity index (χ2n) is 14.9. The van der Waals surface area contributed by atoms with Gasteiger partial charge in [0.15, 0.2) is 17.5 Å². The first-order chi connectivity index (χ1) is 25.3. The van der Waals surface area contributed by atoms with E-state index in [1.807, 2.05) is 36.4 Å². The Labute approximate surface area is 305 Å². The zero-order chi connectivity index (χ0) is 35.5. The van der Waals surface area contributed by atoms with Gasteiger partial charge in [0, 0.05) is 16.7 Å². The Kier molecular flexibility index (Phi) is 7.48. The van der Waals surface area contributed by atoms with E-state index in [0.717, 1.165) is 27.5 Å². The molecule has 0 spiro atoms. The highest BCUT2D eigenvalue weighted by atomic mass is 15.0. The molecule has 7 aromatic carbocycles. The number of nitrogens with zero attached hydrogens (tertiary/aromatic N) is 3. The highest BCUT2D eigenvalue weighted by Gasteiger charge is 2.45. The fourth-order valence-corrected chi connectivity index (χ4v) is 7.96. The van der Waals surface area contributed by atoms with Gasteiger partial charge in [0.2, 0.25) is 0 Å². The molecule has 1 aliphatic rings. The van der Waals surface area contributed by atoms with Crippen LogP contribution in [0.1, 0.15) is 38.8 Å². The smallest absolute Gasteiger partial charge is 0.164 e. The molecule has 1 heterocycles. The van der Waals surface area contributed by atoms with Crippen LogP contribution in [0.4, 0.5) is 0 Å². The van der Waals surface area contributed by atoms with Gasteiger partial charge in [-0.3, -0.25) is 0 Å². The van der Waals surface area contributed by atoms with E-state index < -0.39 is 0 Å². The van der Waals surface area contributed by atoms with Crippen LogP contribution in [0.15, 0.2) is 164 Å². The molecule has 3 nitrogen and oxygen atoms in total. The Morgan fingerprint density at radius 1 is 0.308 bits per heavy atom. The summed E-state index contributed by atoms with van der Waals surface area (Å²) in [6, 6.07) is 58.2. The third kappa shape index (κ3) is 5.15. The third-order valence-corrected chi connectivity index (χ3v) is 11.5. The molecule has 0 saturated carbocycles. The predicted octanol–water partition coefficient (Wildman–Crippen LogP) is 12.6. The van der Waals surface area contributed by atoms with Gasteiger partial charge in [-0.15, -0.1) is 0 Å². The molecule has 0 atom stereocenters. The van der Waals surface area contributed by atoms with Crippen molar-refractivity contribution in [1.82, 2.24) is 15.0 Å². The Morgan fingerprint density at radius 2 is 0.731 bits per heavy atom. The van der Waals surface area contributed by atoms with Crippen molar-refractivity contribution in [2.75, 3.05) is 0 Å². The highest BCUT2D eigenvalue weighted by molar-refractivity contribution is 6.04. The molecule has 0 amide bonds. The fraction of sp³-hybridized carbons (Fsp3) is 0.122. The maximum atomic E-state index is 5.08. The van der Waals surface area contributed by atoms with Crippen LogP contribution in [0.3, 0.4) is 0 Å². The van der Waals surface area contributed by atoms with Crippen molar-refractivity contribution in [2.45, 2.75) is 38.5 Å². The van der Waals surface area contributed by atoms with Crippen LogP contribution < -0.4 is 0 Å². The number of aromatic nitrogens is 3. The van der Waals surface area contributed by atoms with Gasteiger partial charge in [0.05, 0.1) is 0 Å². The quantitative estimate of drug-likeness (QED) is 0.183. The second kappa shape index (κ2) is 12.2. The van der Waals surface area contributed by atoms with Crippen LogP contribution in [0.2, 0.25) is 0 Å². The number of fused-ring (bicyclic) bond motifs is 4. The normalized spacial score (nSPS) is 14.1. The molecule has 0 saturated heterocycles. The summed E-state index contributed by atoms with van der Waals surface area (Å²) in [4.78, 5) is 15.1. The van der Waals surface area contributed by atoms with Crippen LogP contribution in [0.5, 0.6) is 0 Å². The average molecular weight is 670 g/mol. The molecule has 250 valence electrons. The first-order valence-corrected chi connectivity index (χ1v) is 18.0. The third-order valence-electron chi connectivity index (χ3n) is 11.5. The van der Waals surface area contributed by atoms with Crippen molar-refractivity contribution in [3.8, 4) is 67.5 Å². The van der Waals surface area contributed by atoms with Crippen LogP contribution in [-0.2, 0) is 10.8 Å². The summed E-state index contributed by atoms with van der Waals surface area (Å²) in [5.74, 6) is 1.98. The molecule has 8 aromatic rings. The molecule has 1 aliphatic carbocycles. The van der Waals surface area contributed by atoms with Crippen molar-refractivity contribution >= 4 is 10.8 Å². The first-order valence-electron chi connectivity index (χ1n) is 18.0. The number of rotatable bonds is 5. The summed E-state index contributed by atoms with van der Waals surface area (Å²) in [5.41, 5.74) is 13.0. The van der Waals surface area contributed by atoms with Gasteiger partial charge >= 0.3 is 0 Å². The lowest BCUT2D eigenvalue weighted by Gasteiger charge is -2.48. The van der Waals surface area contributed by atoms with E-state index in [9.17, 15) is 0 Å². The molecule has 0 aliphatic heterocycles. The van der Waals surface area contributed by atoms with Crippen LogP contribution in [-0.4, -0.2) is 15.0 Å².